The third-order valence-corrected chi connectivity index (χ3v) is 5.49. The summed E-state index contributed by atoms with van der Waals surface area (Å²) in [6, 6.07) is 29.2. The van der Waals surface area contributed by atoms with Gasteiger partial charge >= 0.3 is 0 Å². The van der Waals surface area contributed by atoms with Crippen LogP contribution < -0.4 is 4.74 Å². The molecule has 2 heterocycles. The Morgan fingerprint density at radius 3 is 2.36 bits per heavy atom. The van der Waals surface area contributed by atoms with E-state index in [9.17, 15) is 0 Å². The van der Waals surface area contributed by atoms with E-state index in [0.717, 1.165) is 55.2 Å². The molecule has 3 heteroatoms. The lowest BCUT2D eigenvalue weighted by molar-refractivity contribution is 0.415. The van der Waals surface area contributed by atoms with Crippen molar-refractivity contribution in [2.45, 2.75) is 0 Å². The molecule has 0 saturated carbocycles. The zero-order valence-corrected chi connectivity index (χ0v) is 15.3. The van der Waals surface area contributed by atoms with Gasteiger partial charge in [-0.15, -0.1) is 0 Å². The topological polar surface area (TPSA) is 27.3 Å². The van der Waals surface area contributed by atoms with E-state index in [4.69, 9.17) is 9.15 Å². The summed E-state index contributed by atoms with van der Waals surface area (Å²) < 4.78 is 14.1. The van der Waals surface area contributed by atoms with Crippen molar-refractivity contribution in [3.8, 4) is 11.4 Å². The number of fused-ring (bicyclic) bond motifs is 7. The van der Waals surface area contributed by atoms with Gasteiger partial charge in [0.25, 0.3) is 0 Å². The monoisotopic (exact) mass is 363 g/mol. The van der Waals surface area contributed by atoms with Gasteiger partial charge in [-0.1, -0.05) is 42.5 Å². The van der Waals surface area contributed by atoms with Crippen LogP contribution in [0.4, 0.5) is 0 Å². The summed E-state index contributed by atoms with van der Waals surface area (Å²) in [5, 5.41) is 4.58. The smallest absolute Gasteiger partial charge is 0.160 e. The summed E-state index contributed by atoms with van der Waals surface area (Å²) in [7, 11) is 1.70. The van der Waals surface area contributed by atoms with Gasteiger partial charge in [-0.2, -0.15) is 0 Å². The largest absolute Gasteiger partial charge is 0.497 e. The molecule has 6 rings (SSSR count). The minimum absolute atomic E-state index is 0.851. The maximum Gasteiger partial charge on any atom is 0.160 e. The van der Waals surface area contributed by atoms with E-state index in [0.29, 0.717) is 0 Å². The van der Waals surface area contributed by atoms with Gasteiger partial charge in [0.05, 0.1) is 18.1 Å². The molecule has 0 bridgehead atoms. The Morgan fingerprint density at radius 2 is 1.50 bits per heavy atom. The molecule has 0 aliphatic rings. The molecule has 0 atom stereocenters. The van der Waals surface area contributed by atoms with Crippen molar-refractivity contribution in [3.05, 3.63) is 84.9 Å². The van der Waals surface area contributed by atoms with Crippen molar-refractivity contribution in [2.75, 3.05) is 7.11 Å². The molecule has 0 radical (unpaired) electrons. The first-order valence-corrected chi connectivity index (χ1v) is 9.33. The lowest BCUT2D eigenvalue weighted by Crippen LogP contribution is -1.93. The summed E-state index contributed by atoms with van der Waals surface area (Å²) in [5.74, 6) is 0.851. The number of hydrogen-bond acceptors (Lipinski definition) is 2. The zero-order chi connectivity index (χ0) is 18.7. The van der Waals surface area contributed by atoms with E-state index < -0.39 is 0 Å². The van der Waals surface area contributed by atoms with Crippen molar-refractivity contribution in [2.24, 2.45) is 0 Å². The first-order valence-electron chi connectivity index (χ1n) is 9.33. The molecule has 0 N–H and O–H groups in total. The lowest BCUT2D eigenvalue weighted by Gasteiger charge is -2.08. The number of furan rings is 1. The minimum atomic E-state index is 0.851. The van der Waals surface area contributed by atoms with E-state index >= 15 is 0 Å². The SMILES string of the molecule is COc1ccc2c(c1)c1ccc3c4ccccc4oc3c1n2-c1ccccc1. The molecule has 2 aromatic heterocycles. The van der Waals surface area contributed by atoms with Gasteiger partial charge in [0, 0.05) is 27.2 Å². The first-order chi connectivity index (χ1) is 13.8. The standard InChI is InChI=1S/C25H17NO2/c1-27-17-11-14-22-21(15-17)19-12-13-20-18-9-5-6-10-23(18)28-25(20)24(19)26(22)16-7-3-2-4-8-16/h2-15H,1H3. The van der Waals surface area contributed by atoms with Crippen LogP contribution in [0.2, 0.25) is 0 Å². The molecule has 4 aromatic carbocycles. The number of benzene rings is 4. The highest BCUT2D eigenvalue weighted by Gasteiger charge is 2.19. The zero-order valence-electron chi connectivity index (χ0n) is 15.3. The van der Waals surface area contributed by atoms with Crippen LogP contribution >= 0.6 is 0 Å². The lowest BCUT2D eigenvalue weighted by atomic mass is 10.1. The Bertz CT molecular complexity index is 1490. The minimum Gasteiger partial charge on any atom is -0.497 e. The van der Waals surface area contributed by atoms with Gasteiger partial charge < -0.3 is 13.7 Å². The molecule has 0 saturated heterocycles. The van der Waals surface area contributed by atoms with Crippen molar-refractivity contribution in [1.29, 1.82) is 0 Å². The third kappa shape index (κ3) is 1.99. The molecule has 6 aromatic rings. The van der Waals surface area contributed by atoms with Crippen molar-refractivity contribution in [1.82, 2.24) is 4.57 Å². The Balaban J connectivity index is 1.88. The second kappa shape index (κ2) is 5.64. The van der Waals surface area contributed by atoms with Crippen molar-refractivity contribution < 1.29 is 9.15 Å². The number of para-hydroxylation sites is 2. The third-order valence-electron chi connectivity index (χ3n) is 5.49. The molecular formula is C25H17NO2. The van der Waals surface area contributed by atoms with Gasteiger partial charge in [-0.3, -0.25) is 0 Å². The maximum absolute atomic E-state index is 6.36. The van der Waals surface area contributed by atoms with Crippen LogP contribution in [0, 0.1) is 0 Å². The number of aromatic nitrogens is 1. The molecule has 0 aliphatic heterocycles. The Labute approximate surface area is 161 Å². The second-order valence-electron chi connectivity index (χ2n) is 6.99. The molecule has 0 aliphatic carbocycles. The molecule has 28 heavy (non-hydrogen) atoms. The van der Waals surface area contributed by atoms with Crippen LogP contribution in [0.1, 0.15) is 0 Å². The predicted molar refractivity (Wildman–Crippen MR) is 115 cm³/mol. The van der Waals surface area contributed by atoms with E-state index in [-0.39, 0.29) is 0 Å². The van der Waals surface area contributed by atoms with Crippen LogP contribution in [0.25, 0.3) is 49.4 Å². The van der Waals surface area contributed by atoms with Gasteiger partial charge in [0.1, 0.15) is 11.3 Å². The fourth-order valence-electron chi connectivity index (χ4n) is 4.23. The molecule has 134 valence electrons. The number of nitrogens with zero attached hydrogens (tertiary/aromatic N) is 1. The highest BCUT2D eigenvalue weighted by atomic mass is 16.5. The molecular weight excluding hydrogens is 346 g/mol. The van der Waals surface area contributed by atoms with Crippen LogP contribution in [0.15, 0.2) is 89.3 Å². The summed E-state index contributed by atoms with van der Waals surface area (Å²) in [6.07, 6.45) is 0. The van der Waals surface area contributed by atoms with Gasteiger partial charge in [-0.05, 0) is 42.5 Å². The second-order valence-corrected chi connectivity index (χ2v) is 6.99. The Hall–Kier alpha value is -3.72. The summed E-state index contributed by atoms with van der Waals surface area (Å²) in [4.78, 5) is 0. The van der Waals surface area contributed by atoms with E-state index in [2.05, 4.69) is 65.2 Å². The summed E-state index contributed by atoms with van der Waals surface area (Å²) in [6.45, 7) is 0. The maximum atomic E-state index is 6.36. The first kappa shape index (κ1) is 15.3. The fraction of sp³-hybridized carbons (Fsp3) is 0.0400. The Morgan fingerprint density at radius 1 is 0.714 bits per heavy atom. The molecule has 3 nitrogen and oxygen atoms in total. The van der Waals surface area contributed by atoms with Crippen molar-refractivity contribution >= 4 is 43.7 Å². The predicted octanol–water partition coefficient (Wildman–Crippen LogP) is 6.69. The van der Waals surface area contributed by atoms with Gasteiger partial charge in [-0.25, -0.2) is 0 Å². The summed E-state index contributed by atoms with van der Waals surface area (Å²) in [5.41, 5.74) is 5.16. The average Bonchev–Trinajstić information content (AvgIpc) is 3.29. The van der Waals surface area contributed by atoms with Crippen LogP contribution in [0.5, 0.6) is 5.75 Å². The highest BCUT2D eigenvalue weighted by molar-refractivity contribution is 6.21. The van der Waals surface area contributed by atoms with Crippen LogP contribution in [-0.2, 0) is 0 Å². The Kier molecular flexibility index (Phi) is 3.09. The number of ether oxygens (including phenoxy) is 1. The number of hydrogen-bond donors (Lipinski definition) is 0. The van der Waals surface area contributed by atoms with Gasteiger partial charge in [0.15, 0.2) is 5.58 Å². The van der Waals surface area contributed by atoms with Crippen LogP contribution in [-0.4, -0.2) is 11.7 Å². The molecule has 0 amide bonds. The summed E-state index contributed by atoms with van der Waals surface area (Å²) >= 11 is 0. The number of methoxy groups -OCH3 is 1. The molecule has 0 fully saturated rings. The quantitative estimate of drug-likeness (QED) is 0.343. The van der Waals surface area contributed by atoms with E-state index in [1.807, 2.05) is 24.3 Å². The highest BCUT2D eigenvalue weighted by Crippen LogP contribution is 2.40. The van der Waals surface area contributed by atoms with Crippen LogP contribution in [0.3, 0.4) is 0 Å². The molecule has 0 spiro atoms. The van der Waals surface area contributed by atoms with E-state index in [1.54, 1.807) is 7.11 Å². The van der Waals surface area contributed by atoms with E-state index in [1.165, 1.54) is 0 Å². The fourth-order valence-corrected chi connectivity index (χ4v) is 4.23. The average molecular weight is 363 g/mol. The number of rotatable bonds is 2. The van der Waals surface area contributed by atoms with Gasteiger partial charge in [0.2, 0.25) is 0 Å². The van der Waals surface area contributed by atoms with Crippen molar-refractivity contribution in [3.63, 3.8) is 0 Å². The molecule has 0 unspecified atom stereocenters. The normalized spacial score (nSPS) is 11.8.